The summed E-state index contributed by atoms with van der Waals surface area (Å²) >= 11 is 0. The summed E-state index contributed by atoms with van der Waals surface area (Å²) in [7, 11) is 0. The Hall–Kier alpha value is -1.39. The number of nitrogens with zero attached hydrogens (tertiary/aromatic N) is 2. The van der Waals surface area contributed by atoms with Gasteiger partial charge in [-0.15, -0.1) is 0 Å². The van der Waals surface area contributed by atoms with Crippen molar-refractivity contribution < 1.29 is 4.79 Å². The van der Waals surface area contributed by atoms with Gasteiger partial charge in [-0.3, -0.25) is 4.79 Å². The quantitative estimate of drug-likeness (QED) is 0.749. The maximum absolute atomic E-state index is 11.7. The molecular weight excluding hydrogens is 192 g/mol. The zero-order valence-corrected chi connectivity index (χ0v) is 8.44. The fourth-order valence-corrected chi connectivity index (χ4v) is 2.97. The van der Waals surface area contributed by atoms with E-state index in [-0.39, 0.29) is 5.91 Å². The molecule has 3 rings (SSSR count). The Morgan fingerprint density at radius 1 is 1.47 bits per heavy atom. The van der Waals surface area contributed by atoms with Crippen LogP contribution < -0.4 is 5.32 Å². The molecule has 2 fully saturated rings. The molecule has 3 atom stereocenters. The highest BCUT2D eigenvalue weighted by molar-refractivity contribution is 5.92. The van der Waals surface area contributed by atoms with E-state index in [1.165, 1.54) is 25.5 Å². The third-order valence-corrected chi connectivity index (χ3v) is 3.70. The third-order valence-electron chi connectivity index (χ3n) is 3.70. The standard InChI is InChI=1S/C10H14N4O/c15-10(9-5-11-14-13-9)12-8-4-6-1-2-7(8)3-6/h5-8H,1-4H2,(H,12,15)(H,11,13,14). The van der Waals surface area contributed by atoms with Crippen molar-refractivity contribution in [3.05, 3.63) is 11.9 Å². The highest BCUT2D eigenvalue weighted by atomic mass is 16.2. The lowest BCUT2D eigenvalue weighted by Crippen LogP contribution is -2.38. The van der Waals surface area contributed by atoms with Gasteiger partial charge in [-0.05, 0) is 31.1 Å². The molecule has 0 aromatic carbocycles. The second-order valence-electron chi connectivity index (χ2n) is 4.61. The molecule has 2 aliphatic rings. The van der Waals surface area contributed by atoms with Gasteiger partial charge in [0.15, 0.2) is 5.69 Å². The molecule has 15 heavy (non-hydrogen) atoms. The van der Waals surface area contributed by atoms with Gasteiger partial charge in [0.2, 0.25) is 0 Å². The SMILES string of the molecule is O=C(NC1CC2CCC1C2)c1cn[nH]n1. The molecule has 1 aromatic heterocycles. The molecule has 0 radical (unpaired) electrons. The van der Waals surface area contributed by atoms with Crippen molar-refractivity contribution in [2.75, 3.05) is 0 Å². The van der Waals surface area contributed by atoms with Gasteiger partial charge in [0.1, 0.15) is 0 Å². The Balaban J connectivity index is 1.64. The van der Waals surface area contributed by atoms with Gasteiger partial charge in [-0.1, -0.05) is 6.42 Å². The Bertz CT molecular complexity index is 362. The summed E-state index contributed by atoms with van der Waals surface area (Å²) in [6, 6.07) is 0.368. The summed E-state index contributed by atoms with van der Waals surface area (Å²) in [4.78, 5) is 11.7. The van der Waals surface area contributed by atoms with Crippen LogP contribution in [0.25, 0.3) is 0 Å². The fraction of sp³-hybridized carbons (Fsp3) is 0.700. The zero-order chi connectivity index (χ0) is 10.3. The highest BCUT2D eigenvalue weighted by Crippen LogP contribution is 2.44. The normalized spacial score (nSPS) is 33.2. The largest absolute Gasteiger partial charge is 0.348 e. The van der Waals surface area contributed by atoms with Crippen LogP contribution in [0.3, 0.4) is 0 Å². The Labute approximate surface area is 87.6 Å². The monoisotopic (exact) mass is 206 g/mol. The van der Waals surface area contributed by atoms with Crippen molar-refractivity contribution in [1.29, 1.82) is 0 Å². The molecule has 0 saturated heterocycles. The first-order chi connectivity index (χ1) is 7.33. The number of H-pyrrole nitrogens is 1. The van der Waals surface area contributed by atoms with E-state index in [2.05, 4.69) is 20.7 Å². The van der Waals surface area contributed by atoms with E-state index in [9.17, 15) is 4.79 Å². The number of nitrogens with one attached hydrogen (secondary N) is 2. The third kappa shape index (κ3) is 1.52. The first-order valence-corrected chi connectivity index (χ1v) is 5.49. The average Bonchev–Trinajstić information content (AvgIpc) is 2.95. The van der Waals surface area contributed by atoms with Crippen molar-refractivity contribution in [2.24, 2.45) is 11.8 Å². The number of aromatic nitrogens is 3. The first kappa shape index (κ1) is 8.88. The molecule has 0 spiro atoms. The molecule has 3 unspecified atom stereocenters. The molecule has 2 saturated carbocycles. The molecule has 2 aliphatic carbocycles. The lowest BCUT2D eigenvalue weighted by Gasteiger charge is -2.22. The minimum Gasteiger partial charge on any atom is -0.348 e. The van der Waals surface area contributed by atoms with Gasteiger partial charge in [0, 0.05) is 6.04 Å². The van der Waals surface area contributed by atoms with E-state index in [4.69, 9.17) is 0 Å². The van der Waals surface area contributed by atoms with E-state index in [1.54, 1.807) is 0 Å². The average molecular weight is 206 g/mol. The zero-order valence-electron chi connectivity index (χ0n) is 8.44. The van der Waals surface area contributed by atoms with Gasteiger partial charge >= 0.3 is 0 Å². The van der Waals surface area contributed by atoms with Crippen LogP contribution >= 0.6 is 0 Å². The number of hydrogen-bond acceptors (Lipinski definition) is 3. The Morgan fingerprint density at radius 3 is 3.00 bits per heavy atom. The fourth-order valence-electron chi connectivity index (χ4n) is 2.97. The molecule has 2 bridgehead atoms. The van der Waals surface area contributed by atoms with Crippen LogP contribution in [0.2, 0.25) is 0 Å². The molecule has 80 valence electrons. The summed E-state index contributed by atoms with van der Waals surface area (Å²) in [6.45, 7) is 0. The van der Waals surface area contributed by atoms with Crippen molar-refractivity contribution in [3.8, 4) is 0 Å². The summed E-state index contributed by atoms with van der Waals surface area (Å²) in [5.74, 6) is 1.45. The number of rotatable bonds is 2. The molecule has 2 N–H and O–H groups in total. The van der Waals surface area contributed by atoms with Gasteiger partial charge in [-0.2, -0.15) is 15.4 Å². The van der Waals surface area contributed by atoms with Crippen LogP contribution in [0.4, 0.5) is 0 Å². The van der Waals surface area contributed by atoms with Crippen molar-refractivity contribution in [3.63, 3.8) is 0 Å². The van der Waals surface area contributed by atoms with Crippen LogP contribution in [0, 0.1) is 11.8 Å². The van der Waals surface area contributed by atoms with Crippen LogP contribution in [0.1, 0.15) is 36.2 Å². The minimum atomic E-state index is -0.0960. The molecule has 1 heterocycles. The van der Waals surface area contributed by atoms with Crippen LogP contribution in [0.15, 0.2) is 6.20 Å². The van der Waals surface area contributed by atoms with E-state index in [0.717, 1.165) is 12.3 Å². The van der Waals surface area contributed by atoms with Gasteiger partial charge in [0.25, 0.3) is 5.91 Å². The predicted molar refractivity (Wildman–Crippen MR) is 53.1 cm³/mol. The van der Waals surface area contributed by atoms with Crippen molar-refractivity contribution in [1.82, 2.24) is 20.7 Å². The number of hydrogen-bond donors (Lipinski definition) is 2. The van der Waals surface area contributed by atoms with Gasteiger partial charge in [-0.25, -0.2) is 0 Å². The lowest BCUT2D eigenvalue weighted by molar-refractivity contribution is 0.0918. The molecule has 5 heteroatoms. The number of fused-ring (bicyclic) bond motifs is 2. The van der Waals surface area contributed by atoms with Gasteiger partial charge in [0.05, 0.1) is 6.20 Å². The molecule has 1 aromatic rings. The molecule has 0 aliphatic heterocycles. The van der Waals surface area contributed by atoms with E-state index in [0.29, 0.717) is 17.7 Å². The molecular formula is C10H14N4O. The van der Waals surface area contributed by atoms with E-state index < -0.39 is 0 Å². The van der Waals surface area contributed by atoms with Crippen molar-refractivity contribution >= 4 is 5.91 Å². The predicted octanol–water partition coefficient (Wildman–Crippen LogP) is 0.723. The Kier molecular flexibility index (Phi) is 1.97. The topological polar surface area (TPSA) is 70.7 Å². The second-order valence-corrected chi connectivity index (χ2v) is 4.61. The Morgan fingerprint density at radius 2 is 2.40 bits per heavy atom. The summed E-state index contributed by atoms with van der Waals surface area (Å²) in [6.07, 6.45) is 6.52. The second kappa shape index (κ2) is 3.32. The number of aromatic amines is 1. The molecule has 5 nitrogen and oxygen atoms in total. The summed E-state index contributed by atoms with van der Waals surface area (Å²) in [5.41, 5.74) is 0.387. The maximum atomic E-state index is 11.7. The highest BCUT2D eigenvalue weighted by Gasteiger charge is 2.40. The van der Waals surface area contributed by atoms with Crippen molar-refractivity contribution in [2.45, 2.75) is 31.7 Å². The minimum absolute atomic E-state index is 0.0960. The summed E-state index contributed by atoms with van der Waals surface area (Å²) < 4.78 is 0. The van der Waals surface area contributed by atoms with Crippen LogP contribution in [-0.2, 0) is 0 Å². The van der Waals surface area contributed by atoms with Gasteiger partial charge < -0.3 is 5.32 Å². The van der Waals surface area contributed by atoms with Crippen LogP contribution in [0.5, 0.6) is 0 Å². The number of amides is 1. The van der Waals surface area contributed by atoms with Crippen LogP contribution in [-0.4, -0.2) is 27.4 Å². The molecule has 1 amide bonds. The van der Waals surface area contributed by atoms with E-state index >= 15 is 0 Å². The number of carbonyl (C=O) groups is 1. The summed E-state index contributed by atoms with van der Waals surface area (Å²) in [5, 5.41) is 12.9. The first-order valence-electron chi connectivity index (χ1n) is 5.49. The maximum Gasteiger partial charge on any atom is 0.273 e. The lowest BCUT2D eigenvalue weighted by atomic mass is 9.95. The van der Waals surface area contributed by atoms with E-state index in [1.807, 2.05) is 0 Å². The number of carbonyl (C=O) groups excluding carboxylic acids is 1. The smallest absolute Gasteiger partial charge is 0.273 e.